The molecule has 0 amide bonds. The zero-order valence-corrected chi connectivity index (χ0v) is 14.1. The van der Waals surface area contributed by atoms with Crippen molar-refractivity contribution in [3.63, 3.8) is 0 Å². The summed E-state index contributed by atoms with van der Waals surface area (Å²) in [5.74, 6) is 0.569. The van der Waals surface area contributed by atoms with Crippen LogP contribution in [0.15, 0.2) is 18.5 Å². The Bertz CT molecular complexity index is 816. The molecule has 1 aliphatic rings. The lowest BCUT2D eigenvalue weighted by Crippen LogP contribution is -2.36. The van der Waals surface area contributed by atoms with Crippen molar-refractivity contribution in [3.05, 3.63) is 40.3 Å². The van der Waals surface area contributed by atoms with Crippen LogP contribution in [0.25, 0.3) is 0 Å². The van der Waals surface area contributed by atoms with E-state index < -0.39 is 11.9 Å². The van der Waals surface area contributed by atoms with Crippen LogP contribution in [-0.4, -0.2) is 27.9 Å². The van der Waals surface area contributed by atoms with E-state index in [0.29, 0.717) is 47.9 Å². The van der Waals surface area contributed by atoms with Crippen LogP contribution in [0.5, 0.6) is 0 Å². The first-order chi connectivity index (χ1) is 11.8. The van der Waals surface area contributed by atoms with Crippen molar-refractivity contribution >= 4 is 17.4 Å². The molecule has 9 heteroatoms. The number of pyridine rings is 1. The lowest BCUT2D eigenvalue weighted by atomic mass is 10.0. The van der Waals surface area contributed by atoms with Crippen LogP contribution in [0.3, 0.4) is 0 Å². The molecule has 0 radical (unpaired) electrons. The highest BCUT2D eigenvalue weighted by Crippen LogP contribution is 2.32. The molecule has 1 aliphatic heterocycles. The Morgan fingerprint density at radius 3 is 2.56 bits per heavy atom. The number of hydrogen-bond acceptors (Lipinski definition) is 4. The summed E-state index contributed by atoms with van der Waals surface area (Å²) >= 11 is 6.01. The van der Waals surface area contributed by atoms with Crippen LogP contribution in [-0.2, 0) is 6.18 Å². The molecule has 1 saturated heterocycles. The third-order valence-electron chi connectivity index (χ3n) is 4.41. The van der Waals surface area contributed by atoms with E-state index >= 15 is 0 Å². The molecule has 132 valence electrons. The number of piperidine rings is 1. The van der Waals surface area contributed by atoms with E-state index in [4.69, 9.17) is 11.6 Å². The lowest BCUT2D eigenvalue weighted by molar-refractivity contribution is -0.141. The normalized spacial score (nSPS) is 16.1. The Labute approximate surface area is 147 Å². The number of nitrogens with zero attached hydrogens (tertiary/aromatic N) is 5. The molecule has 5 nitrogen and oxygen atoms in total. The van der Waals surface area contributed by atoms with Gasteiger partial charge in [0.25, 0.3) is 0 Å². The standard InChI is InChI=1S/C16H15ClF3N5/c1-10-12(8-21)15(22-9-13(10)17)24-5-2-11(3-6-24)25-7-4-14(23-25)16(18,19)20/h4,7,9,11H,2-3,5-6H2,1H3. The van der Waals surface area contributed by atoms with Crippen LogP contribution in [0.4, 0.5) is 19.0 Å². The van der Waals surface area contributed by atoms with Gasteiger partial charge in [-0.05, 0) is 31.4 Å². The number of alkyl halides is 3. The van der Waals surface area contributed by atoms with Gasteiger partial charge in [-0.25, -0.2) is 4.98 Å². The van der Waals surface area contributed by atoms with Crippen molar-refractivity contribution in [2.24, 2.45) is 0 Å². The average molecular weight is 370 g/mol. The summed E-state index contributed by atoms with van der Waals surface area (Å²) in [4.78, 5) is 6.23. The minimum absolute atomic E-state index is 0.105. The Balaban J connectivity index is 1.74. The summed E-state index contributed by atoms with van der Waals surface area (Å²) in [6.07, 6.45) is -0.310. The highest BCUT2D eigenvalue weighted by Gasteiger charge is 2.34. The smallest absolute Gasteiger partial charge is 0.355 e. The minimum Gasteiger partial charge on any atom is -0.355 e. The second-order valence-corrected chi connectivity index (χ2v) is 6.35. The van der Waals surface area contributed by atoms with Crippen molar-refractivity contribution < 1.29 is 13.2 Å². The summed E-state index contributed by atoms with van der Waals surface area (Å²) < 4.78 is 39.4. The van der Waals surface area contributed by atoms with Crippen LogP contribution in [0, 0.1) is 18.3 Å². The number of rotatable bonds is 2. The van der Waals surface area contributed by atoms with Gasteiger partial charge in [-0.3, -0.25) is 4.68 Å². The van der Waals surface area contributed by atoms with Gasteiger partial charge in [0.05, 0.1) is 16.6 Å². The molecule has 1 fully saturated rings. The van der Waals surface area contributed by atoms with Crippen LogP contribution in [0.1, 0.15) is 35.7 Å². The Hall–Kier alpha value is -2.27. The van der Waals surface area contributed by atoms with Crippen molar-refractivity contribution in [1.82, 2.24) is 14.8 Å². The first-order valence-corrected chi connectivity index (χ1v) is 8.11. The van der Waals surface area contributed by atoms with Gasteiger partial charge in [-0.1, -0.05) is 11.6 Å². The monoisotopic (exact) mass is 369 g/mol. The third kappa shape index (κ3) is 3.42. The van der Waals surface area contributed by atoms with Crippen LogP contribution >= 0.6 is 11.6 Å². The molecular formula is C16H15ClF3N5. The number of aromatic nitrogens is 3. The molecule has 3 rings (SSSR count). The lowest BCUT2D eigenvalue weighted by Gasteiger charge is -2.33. The van der Waals surface area contributed by atoms with E-state index in [9.17, 15) is 18.4 Å². The maximum absolute atomic E-state index is 12.7. The average Bonchev–Trinajstić information content (AvgIpc) is 3.08. The number of halogens is 4. The fourth-order valence-electron chi connectivity index (χ4n) is 2.97. The van der Waals surface area contributed by atoms with E-state index in [2.05, 4.69) is 16.2 Å². The van der Waals surface area contributed by atoms with E-state index in [-0.39, 0.29) is 6.04 Å². The zero-order valence-electron chi connectivity index (χ0n) is 13.4. The molecular weight excluding hydrogens is 355 g/mol. The predicted octanol–water partition coefficient (Wildman–Crippen LogP) is 3.97. The molecule has 2 aromatic heterocycles. The predicted molar refractivity (Wildman–Crippen MR) is 86.4 cm³/mol. The highest BCUT2D eigenvalue weighted by molar-refractivity contribution is 6.31. The van der Waals surface area contributed by atoms with Gasteiger partial charge in [0.15, 0.2) is 5.69 Å². The minimum atomic E-state index is -4.43. The molecule has 0 spiro atoms. The second kappa shape index (κ2) is 6.56. The molecule has 0 aliphatic carbocycles. The van der Waals surface area contributed by atoms with Gasteiger partial charge < -0.3 is 4.90 Å². The Kier molecular flexibility index (Phi) is 4.60. The molecule has 0 N–H and O–H groups in total. The Morgan fingerprint density at radius 2 is 2.00 bits per heavy atom. The SMILES string of the molecule is Cc1c(Cl)cnc(N2CCC(n3ccc(C(F)(F)F)n3)CC2)c1C#N. The van der Waals surface area contributed by atoms with Crippen molar-refractivity contribution in [2.45, 2.75) is 32.0 Å². The maximum atomic E-state index is 12.7. The van der Waals surface area contributed by atoms with Gasteiger partial charge in [0.2, 0.25) is 0 Å². The summed E-state index contributed by atoms with van der Waals surface area (Å²) in [6, 6.07) is 3.02. The van der Waals surface area contributed by atoms with Crippen molar-refractivity contribution in [3.8, 4) is 6.07 Å². The summed E-state index contributed by atoms with van der Waals surface area (Å²) in [6.45, 7) is 2.92. The fourth-order valence-corrected chi connectivity index (χ4v) is 3.12. The summed E-state index contributed by atoms with van der Waals surface area (Å²) in [5, 5.41) is 13.5. The Morgan fingerprint density at radius 1 is 1.32 bits per heavy atom. The molecule has 0 atom stereocenters. The zero-order chi connectivity index (χ0) is 18.2. The topological polar surface area (TPSA) is 57.7 Å². The maximum Gasteiger partial charge on any atom is 0.435 e. The molecule has 2 aromatic rings. The fraction of sp³-hybridized carbons (Fsp3) is 0.438. The number of nitriles is 1. The number of anilines is 1. The second-order valence-electron chi connectivity index (χ2n) is 5.94. The molecule has 25 heavy (non-hydrogen) atoms. The van der Waals surface area contributed by atoms with E-state index in [1.165, 1.54) is 17.1 Å². The molecule has 0 saturated carbocycles. The van der Waals surface area contributed by atoms with E-state index in [1.54, 1.807) is 6.92 Å². The third-order valence-corrected chi connectivity index (χ3v) is 4.79. The van der Waals surface area contributed by atoms with Crippen LogP contribution < -0.4 is 4.90 Å². The highest BCUT2D eigenvalue weighted by atomic mass is 35.5. The van der Waals surface area contributed by atoms with E-state index in [1.807, 2.05) is 4.90 Å². The first kappa shape index (κ1) is 17.5. The molecule has 0 aromatic carbocycles. The van der Waals surface area contributed by atoms with Gasteiger partial charge in [-0.2, -0.15) is 23.5 Å². The van der Waals surface area contributed by atoms with Crippen molar-refractivity contribution in [2.75, 3.05) is 18.0 Å². The molecule has 0 unspecified atom stereocenters. The van der Waals surface area contributed by atoms with Crippen LogP contribution in [0.2, 0.25) is 5.02 Å². The van der Waals surface area contributed by atoms with Gasteiger partial charge in [-0.15, -0.1) is 0 Å². The van der Waals surface area contributed by atoms with Gasteiger partial charge in [0, 0.05) is 25.5 Å². The summed E-state index contributed by atoms with van der Waals surface area (Å²) in [7, 11) is 0. The molecule has 0 bridgehead atoms. The molecule has 3 heterocycles. The quantitative estimate of drug-likeness (QED) is 0.803. The van der Waals surface area contributed by atoms with Gasteiger partial charge >= 0.3 is 6.18 Å². The van der Waals surface area contributed by atoms with Gasteiger partial charge in [0.1, 0.15) is 11.9 Å². The summed E-state index contributed by atoms with van der Waals surface area (Å²) in [5.41, 5.74) is 0.235. The van der Waals surface area contributed by atoms with Crippen molar-refractivity contribution in [1.29, 1.82) is 5.26 Å². The number of hydrogen-bond donors (Lipinski definition) is 0. The van der Waals surface area contributed by atoms with E-state index in [0.717, 1.165) is 6.07 Å². The largest absolute Gasteiger partial charge is 0.435 e. The first-order valence-electron chi connectivity index (χ1n) is 7.73.